The fourth-order valence-corrected chi connectivity index (χ4v) is 4.16. The fraction of sp³-hybridized carbons (Fsp3) is 0.353. The predicted octanol–water partition coefficient (Wildman–Crippen LogP) is 3.71. The molecule has 1 heterocycles. The van der Waals surface area contributed by atoms with Gasteiger partial charge in [-0.2, -0.15) is 0 Å². The van der Waals surface area contributed by atoms with Gasteiger partial charge in [-0.15, -0.1) is 16.8 Å². The molecule has 0 atom stereocenters. The third-order valence-corrected chi connectivity index (χ3v) is 5.66. The van der Waals surface area contributed by atoms with Gasteiger partial charge in [-0.3, -0.25) is 10.1 Å². The highest BCUT2D eigenvalue weighted by molar-refractivity contribution is 8.01. The lowest BCUT2D eigenvalue weighted by molar-refractivity contribution is -0.118. The first-order valence-corrected chi connectivity index (χ1v) is 9.67. The van der Waals surface area contributed by atoms with Gasteiger partial charge < -0.3 is 4.74 Å². The van der Waals surface area contributed by atoms with Crippen LogP contribution in [0.4, 0.5) is 5.13 Å². The summed E-state index contributed by atoms with van der Waals surface area (Å²) in [7, 11) is 0. The van der Waals surface area contributed by atoms with Crippen molar-refractivity contribution in [3.8, 4) is 5.75 Å². The molecule has 1 aliphatic rings. The average molecular weight is 361 g/mol. The Balaban J connectivity index is 1.54. The van der Waals surface area contributed by atoms with E-state index in [1.165, 1.54) is 47.1 Å². The van der Waals surface area contributed by atoms with E-state index in [2.05, 4.69) is 28.2 Å². The van der Waals surface area contributed by atoms with Crippen molar-refractivity contribution < 1.29 is 9.53 Å². The molecule has 0 spiro atoms. The second kappa shape index (κ2) is 8.30. The quantitative estimate of drug-likeness (QED) is 0.463. The zero-order valence-electron chi connectivity index (χ0n) is 13.3. The molecule has 24 heavy (non-hydrogen) atoms. The van der Waals surface area contributed by atoms with E-state index in [-0.39, 0.29) is 12.5 Å². The molecule has 7 heteroatoms. The summed E-state index contributed by atoms with van der Waals surface area (Å²) in [4.78, 5) is 12.1. The second-order valence-electron chi connectivity index (χ2n) is 5.41. The summed E-state index contributed by atoms with van der Waals surface area (Å²) < 4.78 is 6.54. The smallest absolute Gasteiger partial charge is 0.264 e. The van der Waals surface area contributed by atoms with Crippen molar-refractivity contribution in [2.24, 2.45) is 0 Å². The summed E-state index contributed by atoms with van der Waals surface area (Å²) in [6.07, 6.45) is 6.32. The number of carbonyl (C=O) groups is 1. The number of nitrogens with one attached hydrogen (secondary N) is 1. The number of anilines is 1. The van der Waals surface area contributed by atoms with Crippen LogP contribution in [0.2, 0.25) is 0 Å². The highest BCUT2D eigenvalue weighted by Gasteiger charge is 2.15. The maximum Gasteiger partial charge on any atom is 0.264 e. The van der Waals surface area contributed by atoms with Gasteiger partial charge >= 0.3 is 0 Å². The molecule has 1 aromatic heterocycles. The molecule has 3 rings (SSSR count). The monoisotopic (exact) mass is 361 g/mol. The molecule has 1 N–H and O–H groups in total. The normalized spacial score (nSPS) is 13.2. The number of thioether (sulfide) groups is 1. The molecular formula is C17H19N3O2S2. The summed E-state index contributed by atoms with van der Waals surface area (Å²) in [6, 6.07) is 6.07. The minimum atomic E-state index is -0.222. The Bertz CT molecular complexity index is 730. The van der Waals surface area contributed by atoms with E-state index in [1.807, 2.05) is 12.1 Å². The van der Waals surface area contributed by atoms with Crippen molar-refractivity contribution in [1.29, 1.82) is 0 Å². The lowest BCUT2D eigenvalue weighted by Gasteiger charge is -2.19. The standard InChI is InChI=1S/C17H19N3O2S2/c1-2-10-23-17-20-19-16(24-17)18-15(21)11-22-14-9-5-7-12-6-3-4-8-13(12)14/h2,5,7,9H,1,3-4,6,8,10-11H2,(H,18,19,21). The number of benzene rings is 1. The van der Waals surface area contributed by atoms with Crippen LogP contribution in [0, 0.1) is 0 Å². The molecule has 126 valence electrons. The third-order valence-electron chi connectivity index (χ3n) is 3.69. The largest absolute Gasteiger partial charge is 0.483 e. The van der Waals surface area contributed by atoms with Crippen molar-refractivity contribution in [2.45, 2.75) is 30.0 Å². The van der Waals surface area contributed by atoms with Crippen LogP contribution in [0.15, 0.2) is 35.2 Å². The molecule has 0 fully saturated rings. The lowest BCUT2D eigenvalue weighted by atomic mass is 9.91. The Morgan fingerprint density at radius 2 is 2.25 bits per heavy atom. The molecule has 0 radical (unpaired) electrons. The summed E-state index contributed by atoms with van der Waals surface area (Å²) in [6.45, 7) is 3.64. The van der Waals surface area contributed by atoms with Gasteiger partial charge in [-0.05, 0) is 42.9 Å². The van der Waals surface area contributed by atoms with Gasteiger partial charge in [-0.1, -0.05) is 41.3 Å². The predicted molar refractivity (Wildman–Crippen MR) is 98.0 cm³/mol. The van der Waals surface area contributed by atoms with E-state index in [4.69, 9.17) is 4.74 Å². The van der Waals surface area contributed by atoms with Crippen LogP contribution in [0.1, 0.15) is 24.0 Å². The first-order chi connectivity index (χ1) is 11.8. The summed E-state index contributed by atoms with van der Waals surface area (Å²) in [5.74, 6) is 1.37. The van der Waals surface area contributed by atoms with E-state index in [1.54, 1.807) is 6.08 Å². The van der Waals surface area contributed by atoms with Crippen LogP contribution < -0.4 is 10.1 Å². The van der Waals surface area contributed by atoms with Crippen LogP contribution in [0.3, 0.4) is 0 Å². The zero-order valence-corrected chi connectivity index (χ0v) is 14.9. The topological polar surface area (TPSA) is 64.1 Å². The van der Waals surface area contributed by atoms with Gasteiger partial charge in [0.2, 0.25) is 5.13 Å². The number of rotatable bonds is 7. The molecular weight excluding hydrogens is 342 g/mol. The summed E-state index contributed by atoms with van der Waals surface area (Å²) >= 11 is 2.89. The van der Waals surface area contributed by atoms with Gasteiger partial charge in [0.1, 0.15) is 5.75 Å². The molecule has 5 nitrogen and oxygen atoms in total. The maximum atomic E-state index is 12.1. The average Bonchev–Trinajstić information content (AvgIpc) is 3.05. The third kappa shape index (κ3) is 4.36. The molecule has 2 aromatic rings. The molecule has 0 saturated heterocycles. The Kier molecular flexibility index (Phi) is 5.87. The molecule has 0 saturated carbocycles. The van der Waals surface area contributed by atoms with Crippen LogP contribution in [0.5, 0.6) is 5.75 Å². The van der Waals surface area contributed by atoms with Crippen molar-refractivity contribution >= 4 is 34.1 Å². The molecule has 0 bridgehead atoms. The number of aromatic nitrogens is 2. The molecule has 0 aliphatic heterocycles. The number of fused-ring (bicyclic) bond motifs is 1. The van der Waals surface area contributed by atoms with E-state index in [9.17, 15) is 4.79 Å². The van der Waals surface area contributed by atoms with Gasteiger partial charge in [-0.25, -0.2) is 0 Å². The van der Waals surface area contributed by atoms with Crippen LogP contribution >= 0.6 is 23.1 Å². The van der Waals surface area contributed by atoms with Crippen molar-refractivity contribution in [3.05, 3.63) is 42.0 Å². The van der Waals surface area contributed by atoms with Crippen LogP contribution in [-0.4, -0.2) is 28.5 Å². The van der Waals surface area contributed by atoms with Crippen molar-refractivity contribution in [2.75, 3.05) is 17.7 Å². The van der Waals surface area contributed by atoms with Crippen LogP contribution in [-0.2, 0) is 17.6 Å². The number of ether oxygens (including phenoxy) is 1. The SMILES string of the molecule is C=CCSc1nnc(NC(=O)COc2cccc3c2CCCC3)s1. The Morgan fingerprint density at radius 3 is 3.12 bits per heavy atom. The molecule has 1 aliphatic carbocycles. The highest BCUT2D eigenvalue weighted by atomic mass is 32.2. The van der Waals surface area contributed by atoms with Crippen molar-refractivity contribution in [3.63, 3.8) is 0 Å². The number of amides is 1. The molecule has 0 unspecified atom stereocenters. The van der Waals surface area contributed by atoms with Gasteiger partial charge in [0.15, 0.2) is 10.9 Å². The van der Waals surface area contributed by atoms with Gasteiger partial charge in [0.05, 0.1) is 0 Å². The Hall–Kier alpha value is -1.86. The van der Waals surface area contributed by atoms with E-state index in [0.717, 1.165) is 28.7 Å². The number of hydrogen-bond acceptors (Lipinski definition) is 6. The number of carbonyl (C=O) groups excluding carboxylic acids is 1. The molecule has 1 aromatic carbocycles. The lowest BCUT2D eigenvalue weighted by Crippen LogP contribution is -2.20. The number of hydrogen-bond donors (Lipinski definition) is 1. The van der Waals surface area contributed by atoms with Crippen LogP contribution in [0.25, 0.3) is 0 Å². The summed E-state index contributed by atoms with van der Waals surface area (Å²) in [5.41, 5.74) is 2.59. The highest BCUT2D eigenvalue weighted by Crippen LogP contribution is 2.29. The Labute approximate surface area is 149 Å². The van der Waals surface area contributed by atoms with E-state index in [0.29, 0.717) is 5.13 Å². The van der Waals surface area contributed by atoms with Crippen molar-refractivity contribution in [1.82, 2.24) is 10.2 Å². The first kappa shape index (κ1) is 17.0. The Morgan fingerprint density at radius 1 is 1.38 bits per heavy atom. The number of nitrogens with zero attached hydrogens (tertiary/aromatic N) is 2. The minimum absolute atomic E-state index is 0.0227. The molecule has 1 amide bonds. The maximum absolute atomic E-state index is 12.1. The minimum Gasteiger partial charge on any atom is -0.483 e. The van der Waals surface area contributed by atoms with E-state index >= 15 is 0 Å². The van der Waals surface area contributed by atoms with Gasteiger partial charge in [0.25, 0.3) is 5.91 Å². The second-order valence-corrected chi connectivity index (χ2v) is 7.66. The van der Waals surface area contributed by atoms with E-state index < -0.39 is 0 Å². The van der Waals surface area contributed by atoms with Gasteiger partial charge in [0, 0.05) is 5.75 Å². The first-order valence-electron chi connectivity index (χ1n) is 7.87. The fourth-order valence-electron chi connectivity index (χ4n) is 2.63. The summed E-state index contributed by atoms with van der Waals surface area (Å²) in [5, 5.41) is 11.2. The zero-order chi connectivity index (χ0) is 16.8. The number of aryl methyl sites for hydroxylation is 1.